The average molecular weight is 459 g/mol. The van der Waals surface area contributed by atoms with Crippen molar-refractivity contribution in [3.05, 3.63) is 144 Å². The quantitative estimate of drug-likeness (QED) is 0.374. The minimum atomic E-state index is -0.663. The van der Waals surface area contributed by atoms with Crippen molar-refractivity contribution >= 4 is 5.78 Å². The molecule has 4 aromatic carbocycles. The van der Waals surface area contributed by atoms with Crippen LogP contribution >= 0.6 is 0 Å². The highest BCUT2D eigenvalue weighted by atomic mass is 16.1. The molecular weight excluding hydrogens is 428 g/mol. The molecule has 3 nitrogen and oxygen atoms in total. The van der Waals surface area contributed by atoms with Gasteiger partial charge in [-0.2, -0.15) is 0 Å². The summed E-state index contributed by atoms with van der Waals surface area (Å²) in [5.41, 5.74) is 3.92. The molecule has 2 N–H and O–H groups in total. The number of carbonyl (C=O) groups is 1. The summed E-state index contributed by atoms with van der Waals surface area (Å²) in [6.07, 6.45) is 0. The Morgan fingerprint density at radius 3 is 1.17 bits per heavy atom. The Morgan fingerprint density at radius 1 is 0.514 bits per heavy atom. The summed E-state index contributed by atoms with van der Waals surface area (Å²) in [5.74, 6) is 0.0881. The number of hydrogen-bond donors (Lipinski definition) is 2. The van der Waals surface area contributed by atoms with Gasteiger partial charge < -0.3 is 10.6 Å². The molecule has 0 aromatic heterocycles. The second-order valence-corrected chi connectivity index (χ2v) is 9.97. The van der Waals surface area contributed by atoms with E-state index in [1.807, 2.05) is 24.3 Å². The Bertz CT molecular complexity index is 1200. The lowest BCUT2D eigenvalue weighted by molar-refractivity contribution is -0.150. The van der Waals surface area contributed by atoms with Crippen molar-refractivity contribution in [2.45, 2.75) is 31.1 Å². The van der Waals surface area contributed by atoms with Gasteiger partial charge in [0.05, 0.1) is 11.3 Å². The van der Waals surface area contributed by atoms with Crippen molar-refractivity contribution < 1.29 is 4.79 Å². The Hall–Kier alpha value is -3.53. The van der Waals surface area contributed by atoms with Crippen molar-refractivity contribution in [1.82, 2.24) is 10.6 Å². The molecule has 174 valence electrons. The van der Waals surface area contributed by atoms with Crippen LogP contribution in [0.15, 0.2) is 121 Å². The summed E-state index contributed by atoms with van der Waals surface area (Å²) in [5, 5.41) is 8.00. The Morgan fingerprint density at radius 2 is 0.829 bits per heavy atom. The lowest BCUT2D eigenvalue weighted by atomic mass is 9.56. The van der Waals surface area contributed by atoms with Crippen LogP contribution in [-0.4, -0.2) is 5.78 Å². The van der Waals surface area contributed by atoms with Crippen molar-refractivity contribution in [2.24, 2.45) is 11.3 Å². The van der Waals surface area contributed by atoms with Crippen molar-refractivity contribution in [1.29, 1.82) is 0 Å². The number of piperidine rings is 2. The third kappa shape index (κ3) is 3.63. The van der Waals surface area contributed by atoms with E-state index in [1.54, 1.807) is 0 Å². The van der Waals surface area contributed by atoms with Gasteiger partial charge in [0.15, 0.2) is 0 Å². The van der Waals surface area contributed by atoms with Crippen molar-refractivity contribution in [2.75, 3.05) is 0 Å². The van der Waals surface area contributed by atoms with E-state index in [4.69, 9.17) is 0 Å². The molecule has 2 saturated heterocycles. The molecule has 0 aliphatic carbocycles. The maximum absolute atomic E-state index is 14.8. The summed E-state index contributed by atoms with van der Waals surface area (Å²) >= 11 is 0. The minimum Gasteiger partial charge on any atom is -0.301 e. The third-order valence-electron chi connectivity index (χ3n) is 8.03. The molecule has 0 radical (unpaired) electrons. The van der Waals surface area contributed by atoms with Gasteiger partial charge in [-0.25, -0.2) is 0 Å². The highest BCUT2D eigenvalue weighted by Crippen LogP contribution is 2.58. The standard InChI is InChI=1S/C32H30N2O/c1-32-29(24-18-10-4-11-19-24)33-27(22-14-6-2-7-15-22)26(31(32)35)28(23-16-8-3-9-17-23)34-30(32)25-20-12-5-13-21-25/h2-21,26-30,33-34H,1H3/t26?,27-,28-,29-,30+,32?/m0/s1. The number of benzene rings is 4. The summed E-state index contributed by atoms with van der Waals surface area (Å²) in [7, 11) is 0. The SMILES string of the molecule is CC12C(=O)C([C@H](c3ccccc3)N[C@@H]1c1ccccc1)[C@H](c1ccccc1)N[C@H]2c1ccccc1. The zero-order valence-corrected chi connectivity index (χ0v) is 19.8. The fourth-order valence-electron chi connectivity index (χ4n) is 6.32. The lowest BCUT2D eigenvalue weighted by Crippen LogP contribution is -2.65. The number of ketones is 1. The van der Waals surface area contributed by atoms with E-state index in [1.165, 1.54) is 0 Å². The van der Waals surface area contributed by atoms with Crippen LogP contribution in [0.5, 0.6) is 0 Å². The molecule has 0 amide bonds. The summed E-state index contributed by atoms with van der Waals surface area (Å²) in [6, 6.07) is 41.3. The molecule has 2 bridgehead atoms. The molecule has 4 aromatic rings. The third-order valence-corrected chi connectivity index (χ3v) is 8.03. The molecular formula is C32H30N2O. The fourth-order valence-corrected chi connectivity index (χ4v) is 6.32. The maximum Gasteiger partial charge on any atom is 0.149 e. The van der Waals surface area contributed by atoms with Gasteiger partial charge >= 0.3 is 0 Å². The number of rotatable bonds is 4. The molecule has 0 spiro atoms. The van der Waals surface area contributed by atoms with Gasteiger partial charge in [-0.05, 0) is 29.2 Å². The first-order valence-corrected chi connectivity index (χ1v) is 12.4. The van der Waals surface area contributed by atoms with Crippen LogP contribution in [0.4, 0.5) is 0 Å². The molecule has 2 aliphatic heterocycles. The van der Waals surface area contributed by atoms with Gasteiger partial charge in [-0.15, -0.1) is 0 Å². The van der Waals surface area contributed by atoms with E-state index >= 15 is 0 Å². The summed E-state index contributed by atoms with van der Waals surface area (Å²) in [4.78, 5) is 14.8. The number of hydrogen-bond acceptors (Lipinski definition) is 3. The second-order valence-electron chi connectivity index (χ2n) is 9.97. The van der Waals surface area contributed by atoms with Gasteiger partial charge in [-0.3, -0.25) is 4.79 Å². The first kappa shape index (κ1) is 22.0. The molecule has 3 heteroatoms. The monoisotopic (exact) mass is 458 g/mol. The van der Waals surface area contributed by atoms with Crippen LogP contribution in [0.3, 0.4) is 0 Å². The van der Waals surface area contributed by atoms with E-state index in [-0.39, 0.29) is 30.1 Å². The number of fused-ring (bicyclic) bond motifs is 2. The number of nitrogens with one attached hydrogen (secondary N) is 2. The average Bonchev–Trinajstić information content (AvgIpc) is 2.92. The van der Waals surface area contributed by atoms with Crippen LogP contribution in [0.25, 0.3) is 0 Å². The van der Waals surface area contributed by atoms with Crippen molar-refractivity contribution in [3.63, 3.8) is 0 Å². The Balaban J connectivity index is 1.56. The molecule has 2 fully saturated rings. The molecule has 35 heavy (non-hydrogen) atoms. The van der Waals surface area contributed by atoms with Crippen LogP contribution in [0.1, 0.15) is 53.3 Å². The van der Waals surface area contributed by atoms with Gasteiger partial charge in [0.25, 0.3) is 0 Å². The molecule has 2 unspecified atom stereocenters. The summed E-state index contributed by atoms with van der Waals surface area (Å²) < 4.78 is 0. The fraction of sp³-hybridized carbons (Fsp3) is 0.219. The molecule has 6 atom stereocenters. The predicted octanol–water partition coefficient (Wildman–Crippen LogP) is 6.35. The van der Waals surface area contributed by atoms with E-state index in [0.29, 0.717) is 5.78 Å². The molecule has 2 aliphatic rings. The van der Waals surface area contributed by atoms with Crippen LogP contribution in [0.2, 0.25) is 0 Å². The largest absolute Gasteiger partial charge is 0.301 e. The Kier molecular flexibility index (Phi) is 5.60. The normalized spacial score (nSPS) is 30.1. The molecule has 0 saturated carbocycles. The Labute approximate surface area is 207 Å². The highest BCUT2D eigenvalue weighted by molar-refractivity contribution is 5.92. The molecule has 2 heterocycles. The zero-order valence-electron chi connectivity index (χ0n) is 19.8. The van der Waals surface area contributed by atoms with E-state index in [9.17, 15) is 4.79 Å². The maximum atomic E-state index is 14.8. The smallest absolute Gasteiger partial charge is 0.149 e. The number of carbonyl (C=O) groups excluding carboxylic acids is 1. The predicted molar refractivity (Wildman–Crippen MR) is 140 cm³/mol. The van der Waals surface area contributed by atoms with E-state index in [0.717, 1.165) is 22.3 Å². The number of Topliss-reactive ketones (excluding diaryl/α,β-unsaturated/α-hetero) is 1. The zero-order chi connectivity index (χ0) is 23.8. The first-order valence-electron chi connectivity index (χ1n) is 12.4. The van der Waals surface area contributed by atoms with Gasteiger partial charge in [0, 0.05) is 24.2 Å². The first-order chi connectivity index (χ1) is 17.2. The van der Waals surface area contributed by atoms with Crippen LogP contribution < -0.4 is 10.6 Å². The second kappa shape index (κ2) is 8.92. The lowest BCUT2D eigenvalue weighted by Gasteiger charge is -2.58. The highest BCUT2D eigenvalue weighted by Gasteiger charge is 2.61. The van der Waals surface area contributed by atoms with Crippen LogP contribution in [0, 0.1) is 11.3 Å². The van der Waals surface area contributed by atoms with Gasteiger partial charge in [-0.1, -0.05) is 121 Å². The van der Waals surface area contributed by atoms with E-state index in [2.05, 4.69) is 115 Å². The van der Waals surface area contributed by atoms with Gasteiger partial charge in [0.1, 0.15) is 5.78 Å². The van der Waals surface area contributed by atoms with Crippen molar-refractivity contribution in [3.8, 4) is 0 Å². The van der Waals surface area contributed by atoms with E-state index < -0.39 is 5.41 Å². The molecule has 6 rings (SSSR count). The van der Waals surface area contributed by atoms with Crippen LogP contribution in [-0.2, 0) is 4.79 Å². The topological polar surface area (TPSA) is 41.1 Å². The minimum absolute atomic E-state index is 0.101. The summed E-state index contributed by atoms with van der Waals surface area (Å²) in [6.45, 7) is 2.15. The van der Waals surface area contributed by atoms with Gasteiger partial charge in [0.2, 0.25) is 0 Å².